The molecule has 33 heavy (non-hydrogen) atoms. The predicted octanol–water partition coefficient (Wildman–Crippen LogP) is 2.83. The molecule has 0 saturated heterocycles. The number of nitriles is 1. The van der Waals surface area contributed by atoms with Crippen molar-refractivity contribution in [1.82, 2.24) is 14.0 Å². The van der Waals surface area contributed by atoms with Crippen molar-refractivity contribution in [3.05, 3.63) is 87.5 Å². The molecule has 0 aliphatic carbocycles. The molecule has 8 nitrogen and oxygen atoms in total. The van der Waals surface area contributed by atoms with E-state index in [0.29, 0.717) is 37.5 Å². The van der Waals surface area contributed by atoms with Crippen LogP contribution in [0, 0.1) is 17.1 Å². The Balaban J connectivity index is 2.01. The van der Waals surface area contributed by atoms with Gasteiger partial charge in [0.1, 0.15) is 23.2 Å². The molecule has 0 atom stereocenters. The van der Waals surface area contributed by atoms with E-state index in [2.05, 4.69) is 9.98 Å². The van der Waals surface area contributed by atoms with Crippen LogP contribution in [0.1, 0.15) is 29.3 Å². The molecule has 3 heterocycles. The zero-order valence-electron chi connectivity index (χ0n) is 17.9. The minimum absolute atomic E-state index is 0.0402. The first-order chi connectivity index (χ1) is 16.0. The first-order valence-electron chi connectivity index (χ1n) is 10.4. The molecule has 9 heteroatoms. The van der Waals surface area contributed by atoms with E-state index in [1.54, 1.807) is 29.0 Å². The van der Waals surface area contributed by atoms with Gasteiger partial charge in [0.2, 0.25) is 0 Å². The second-order valence-electron chi connectivity index (χ2n) is 7.21. The molecular formula is C24H20FN5O3. The third kappa shape index (κ3) is 4.42. The maximum atomic E-state index is 13.6. The molecule has 3 aromatic heterocycles. The second-order valence-corrected chi connectivity index (χ2v) is 7.21. The van der Waals surface area contributed by atoms with Gasteiger partial charge in [-0.3, -0.25) is 14.0 Å². The van der Waals surface area contributed by atoms with Gasteiger partial charge in [0.25, 0.3) is 11.5 Å². The summed E-state index contributed by atoms with van der Waals surface area (Å²) in [6, 6.07) is 13.7. The first kappa shape index (κ1) is 22.0. The Morgan fingerprint density at radius 1 is 1.24 bits per heavy atom. The van der Waals surface area contributed by atoms with Crippen LogP contribution in [0.25, 0.3) is 16.7 Å². The summed E-state index contributed by atoms with van der Waals surface area (Å²) in [6.07, 6.45) is 2.14. The molecule has 0 spiro atoms. The largest absolute Gasteiger partial charge is 0.382 e. The number of aromatic nitrogens is 3. The highest BCUT2D eigenvalue weighted by Crippen LogP contribution is 2.12. The molecule has 0 saturated carbocycles. The summed E-state index contributed by atoms with van der Waals surface area (Å²) in [7, 11) is 0. The number of hydrogen-bond donors (Lipinski definition) is 0. The average molecular weight is 445 g/mol. The number of rotatable bonds is 6. The molecule has 1 aromatic carbocycles. The Morgan fingerprint density at radius 2 is 2.09 bits per heavy atom. The van der Waals surface area contributed by atoms with Gasteiger partial charge in [-0.2, -0.15) is 10.3 Å². The molecule has 0 radical (unpaired) electrons. The molecule has 0 aliphatic heterocycles. The van der Waals surface area contributed by atoms with Crippen LogP contribution < -0.4 is 11.0 Å². The second kappa shape index (κ2) is 9.54. The lowest BCUT2D eigenvalue weighted by molar-refractivity contribution is 0.0996. The van der Waals surface area contributed by atoms with Crippen LogP contribution in [0.3, 0.4) is 0 Å². The highest BCUT2D eigenvalue weighted by molar-refractivity contribution is 5.95. The minimum atomic E-state index is -0.707. The van der Waals surface area contributed by atoms with E-state index in [1.165, 1.54) is 28.7 Å². The number of aryl methyl sites for hydroxylation is 1. The summed E-state index contributed by atoms with van der Waals surface area (Å²) in [5.41, 5.74) is 0.523. The fraction of sp³-hybridized carbons (Fsp3) is 0.208. The lowest BCUT2D eigenvalue weighted by Crippen LogP contribution is -2.30. The van der Waals surface area contributed by atoms with Gasteiger partial charge >= 0.3 is 0 Å². The monoisotopic (exact) mass is 445 g/mol. The summed E-state index contributed by atoms with van der Waals surface area (Å²) in [5.74, 6) is -1.28. The van der Waals surface area contributed by atoms with Crippen molar-refractivity contribution in [3.8, 4) is 6.07 Å². The van der Waals surface area contributed by atoms with Crippen LogP contribution in [0.5, 0.6) is 0 Å². The van der Waals surface area contributed by atoms with Crippen LogP contribution >= 0.6 is 0 Å². The van der Waals surface area contributed by atoms with Crippen LogP contribution in [0.2, 0.25) is 0 Å². The molecule has 166 valence electrons. The Kier molecular flexibility index (Phi) is 6.38. The van der Waals surface area contributed by atoms with Crippen molar-refractivity contribution in [2.75, 3.05) is 13.2 Å². The van der Waals surface area contributed by atoms with Gasteiger partial charge < -0.3 is 9.30 Å². The average Bonchev–Trinajstić information content (AvgIpc) is 2.82. The third-order valence-electron chi connectivity index (χ3n) is 5.06. The van der Waals surface area contributed by atoms with Gasteiger partial charge in [0.15, 0.2) is 5.49 Å². The number of benzene rings is 1. The van der Waals surface area contributed by atoms with E-state index in [4.69, 9.17) is 4.74 Å². The zero-order chi connectivity index (χ0) is 23.4. The quantitative estimate of drug-likeness (QED) is 0.336. The van der Waals surface area contributed by atoms with Gasteiger partial charge in [0, 0.05) is 31.5 Å². The summed E-state index contributed by atoms with van der Waals surface area (Å²) in [4.78, 5) is 34.7. The van der Waals surface area contributed by atoms with Gasteiger partial charge in [-0.25, -0.2) is 9.37 Å². The number of carbonyl (C=O) groups excluding carboxylic acids is 1. The molecule has 0 fully saturated rings. The van der Waals surface area contributed by atoms with Crippen LogP contribution in [0.4, 0.5) is 4.39 Å². The lowest BCUT2D eigenvalue weighted by Gasteiger charge is -2.13. The normalized spacial score (nSPS) is 11.7. The maximum Gasteiger partial charge on any atom is 0.279 e. The SMILES string of the molecule is CCOCCCn1c(=NC(=O)c2cccc(F)c2)c(C#N)cc2c(=O)n3ccccc3nc21. The van der Waals surface area contributed by atoms with Crippen molar-refractivity contribution < 1.29 is 13.9 Å². The Morgan fingerprint density at radius 3 is 2.85 bits per heavy atom. The van der Waals surface area contributed by atoms with Crippen molar-refractivity contribution in [3.63, 3.8) is 0 Å². The predicted molar refractivity (Wildman–Crippen MR) is 119 cm³/mol. The Labute approximate surface area is 187 Å². The smallest absolute Gasteiger partial charge is 0.279 e. The number of halogens is 1. The summed E-state index contributed by atoms with van der Waals surface area (Å²) in [6.45, 7) is 3.16. The Bertz CT molecular complexity index is 1530. The number of ether oxygens (including phenoxy) is 1. The number of nitrogens with zero attached hydrogens (tertiary/aromatic N) is 5. The summed E-state index contributed by atoms with van der Waals surface area (Å²) in [5, 5.41) is 10.0. The van der Waals surface area contributed by atoms with E-state index in [0.717, 1.165) is 6.07 Å². The number of pyridine rings is 2. The number of hydrogen-bond acceptors (Lipinski definition) is 5. The van der Waals surface area contributed by atoms with E-state index in [-0.39, 0.29) is 27.6 Å². The highest BCUT2D eigenvalue weighted by atomic mass is 19.1. The van der Waals surface area contributed by atoms with Crippen molar-refractivity contribution in [2.24, 2.45) is 4.99 Å². The van der Waals surface area contributed by atoms with E-state index < -0.39 is 11.7 Å². The fourth-order valence-corrected chi connectivity index (χ4v) is 3.54. The molecule has 1 amide bonds. The fourth-order valence-electron chi connectivity index (χ4n) is 3.54. The topological polar surface area (TPSA) is 102 Å². The van der Waals surface area contributed by atoms with Gasteiger partial charge in [-0.15, -0.1) is 0 Å². The molecule has 4 aromatic rings. The van der Waals surface area contributed by atoms with Gasteiger partial charge in [-0.1, -0.05) is 12.1 Å². The number of fused-ring (bicyclic) bond motifs is 2. The first-order valence-corrected chi connectivity index (χ1v) is 10.4. The van der Waals surface area contributed by atoms with Gasteiger partial charge in [0.05, 0.1) is 10.9 Å². The van der Waals surface area contributed by atoms with Crippen molar-refractivity contribution in [2.45, 2.75) is 19.9 Å². The highest BCUT2D eigenvalue weighted by Gasteiger charge is 2.15. The van der Waals surface area contributed by atoms with Crippen LogP contribution in [-0.4, -0.2) is 33.1 Å². The van der Waals surface area contributed by atoms with Crippen molar-refractivity contribution >= 4 is 22.6 Å². The standard InChI is InChI=1S/C24H20FN5O3/c1-2-33-12-6-11-30-21(28-23(31)16-7-5-8-18(25)13-16)17(15-26)14-19-22(30)27-20-9-3-4-10-29(20)24(19)32/h3-5,7-10,13-14H,2,6,11-12H2,1H3. The van der Waals surface area contributed by atoms with E-state index >= 15 is 0 Å². The summed E-state index contributed by atoms with van der Waals surface area (Å²) >= 11 is 0. The molecular weight excluding hydrogens is 425 g/mol. The maximum absolute atomic E-state index is 13.6. The van der Waals surface area contributed by atoms with Crippen molar-refractivity contribution in [1.29, 1.82) is 5.26 Å². The molecule has 0 N–H and O–H groups in total. The molecule has 4 rings (SSSR count). The number of amides is 1. The van der Waals surface area contributed by atoms with E-state index in [1.807, 2.05) is 13.0 Å². The molecule has 0 aliphatic rings. The minimum Gasteiger partial charge on any atom is -0.382 e. The van der Waals surface area contributed by atoms with Gasteiger partial charge in [-0.05, 0) is 49.7 Å². The van der Waals surface area contributed by atoms with E-state index in [9.17, 15) is 19.2 Å². The molecule has 0 unspecified atom stereocenters. The lowest BCUT2D eigenvalue weighted by atomic mass is 10.2. The number of carbonyl (C=O) groups is 1. The van der Waals surface area contributed by atoms with Crippen LogP contribution in [-0.2, 0) is 11.3 Å². The zero-order valence-corrected chi connectivity index (χ0v) is 17.9. The summed E-state index contributed by atoms with van der Waals surface area (Å²) < 4.78 is 22.0. The Hall–Kier alpha value is -4.16. The van der Waals surface area contributed by atoms with Crippen LogP contribution in [0.15, 0.2) is 64.5 Å². The molecule has 0 bridgehead atoms. The third-order valence-corrected chi connectivity index (χ3v) is 5.06.